The SMILES string of the molecule is CCC(CC)C(=O)Nc1c(N)cc(Br)cc1Br. The number of benzene rings is 1. The van der Waals surface area contributed by atoms with Gasteiger partial charge >= 0.3 is 0 Å². The highest BCUT2D eigenvalue weighted by Crippen LogP contribution is 2.33. The molecule has 0 aromatic heterocycles. The molecule has 0 atom stereocenters. The molecule has 0 aliphatic rings. The number of rotatable bonds is 4. The molecule has 1 amide bonds. The van der Waals surface area contributed by atoms with Crippen LogP contribution in [0.25, 0.3) is 0 Å². The summed E-state index contributed by atoms with van der Waals surface area (Å²) in [6.07, 6.45) is 1.66. The zero-order valence-electron chi connectivity index (χ0n) is 9.89. The van der Waals surface area contributed by atoms with Crippen molar-refractivity contribution in [1.82, 2.24) is 0 Å². The van der Waals surface area contributed by atoms with Crippen molar-refractivity contribution < 1.29 is 4.79 Å². The van der Waals surface area contributed by atoms with Gasteiger partial charge in [-0.25, -0.2) is 0 Å². The van der Waals surface area contributed by atoms with Crippen molar-refractivity contribution in [3.63, 3.8) is 0 Å². The number of hydrogen-bond acceptors (Lipinski definition) is 2. The van der Waals surface area contributed by atoms with Crippen LogP contribution >= 0.6 is 31.9 Å². The van der Waals surface area contributed by atoms with E-state index in [0.717, 1.165) is 21.8 Å². The topological polar surface area (TPSA) is 55.1 Å². The average molecular weight is 364 g/mol. The minimum absolute atomic E-state index is 0.0183. The van der Waals surface area contributed by atoms with Crippen molar-refractivity contribution >= 4 is 49.1 Å². The summed E-state index contributed by atoms with van der Waals surface area (Å²) in [7, 11) is 0. The molecule has 0 unspecified atom stereocenters. The lowest BCUT2D eigenvalue weighted by molar-refractivity contribution is -0.120. The molecule has 0 aliphatic carbocycles. The van der Waals surface area contributed by atoms with Crippen LogP contribution in [0.1, 0.15) is 26.7 Å². The Morgan fingerprint density at radius 2 is 1.94 bits per heavy atom. The van der Waals surface area contributed by atoms with E-state index in [1.54, 1.807) is 6.07 Å². The van der Waals surface area contributed by atoms with Crippen molar-refractivity contribution in [1.29, 1.82) is 0 Å². The predicted molar refractivity (Wildman–Crippen MR) is 79.0 cm³/mol. The van der Waals surface area contributed by atoms with Gasteiger partial charge in [0.1, 0.15) is 0 Å². The third-order valence-corrected chi connectivity index (χ3v) is 3.77. The van der Waals surface area contributed by atoms with E-state index >= 15 is 0 Å². The smallest absolute Gasteiger partial charge is 0.227 e. The van der Waals surface area contributed by atoms with Gasteiger partial charge in [-0.1, -0.05) is 29.8 Å². The van der Waals surface area contributed by atoms with Crippen molar-refractivity contribution in [2.75, 3.05) is 11.1 Å². The number of nitrogen functional groups attached to an aromatic ring is 1. The molecule has 0 bridgehead atoms. The maximum Gasteiger partial charge on any atom is 0.227 e. The number of carbonyl (C=O) groups is 1. The molecular weight excluding hydrogens is 348 g/mol. The van der Waals surface area contributed by atoms with Gasteiger partial charge in [0.15, 0.2) is 0 Å². The van der Waals surface area contributed by atoms with Crippen LogP contribution < -0.4 is 11.1 Å². The summed E-state index contributed by atoms with van der Waals surface area (Å²) < 4.78 is 1.66. The molecule has 3 nitrogen and oxygen atoms in total. The van der Waals surface area contributed by atoms with Crippen molar-refractivity contribution in [3.05, 3.63) is 21.1 Å². The van der Waals surface area contributed by atoms with Gasteiger partial charge < -0.3 is 11.1 Å². The number of nitrogens with one attached hydrogen (secondary N) is 1. The van der Waals surface area contributed by atoms with Crippen molar-refractivity contribution in [2.45, 2.75) is 26.7 Å². The Labute approximate surface area is 118 Å². The van der Waals surface area contributed by atoms with E-state index in [0.29, 0.717) is 11.4 Å². The molecule has 1 aromatic rings. The van der Waals surface area contributed by atoms with E-state index in [9.17, 15) is 4.79 Å². The molecule has 0 aliphatic heterocycles. The van der Waals surface area contributed by atoms with Gasteiger partial charge in [-0.15, -0.1) is 0 Å². The molecular formula is C12H16Br2N2O. The summed E-state index contributed by atoms with van der Waals surface area (Å²) in [4.78, 5) is 12.0. The van der Waals surface area contributed by atoms with Crippen LogP contribution in [-0.4, -0.2) is 5.91 Å². The van der Waals surface area contributed by atoms with E-state index in [2.05, 4.69) is 37.2 Å². The molecule has 1 aromatic carbocycles. The second-order valence-corrected chi connectivity index (χ2v) is 5.62. The van der Waals surface area contributed by atoms with E-state index in [1.807, 2.05) is 19.9 Å². The van der Waals surface area contributed by atoms with E-state index in [-0.39, 0.29) is 11.8 Å². The average Bonchev–Trinajstić information content (AvgIpc) is 2.25. The minimum atomic E-state index is 0.0183. The van der Waals surface area contributed by atoms with Gasteiger partial charge in [0, 0.05) is 14.9 Å². The Balaban J connectivity index is 2.92. The highest BCUT2D eigenvalue weighted by Gasteiger charge is 2.16. The molecule has 0 fully saturated rings. The van der Waals surface area contributed by atoms with Gasteiger partial charge in [0.05, 0.1) is 11.4 Å². The quantitative estimate of drug-likeness (QED) is 0.788. The van der Waals surface area contributed by atoms with Gasteiger partial charge in [0.2, 0.25) is 5.91 Å². The first-order valence-corrected chi connectivity index (χ1v) is 7.13. The Morgan fingerprint density at radius 3 is 2.41 bits per heavy atom. The lowest BCUT2D eigenvalue weighted by atomic mass is 10.0. The largest absolute Gasteiger partial charge is 0.397 e. The number of anilines is 2. The fourth-order valence-electron chi connectivity index (χ4n) is 1.61. The van der Waals surface area contributed by atoms with E-state index in [4.69, 9.17) is 5.73 Å². The molecule has 94 valence electrons. The molecule has 0 saturated heterocycles. The minimum Gasteiger partial charge on any atom is -0.397 e. The van der Waals surface area contributed by atoms with Crippen LogP contribution in [-0.2, 0) is 4.79 Å². The molecule has 5 heteroatoms. The standard InChI is InChI=1S/C12H16Br2N2O/c1-3-7(4-2)12(17)16-11-9(14)5-8(13)6-10(11)15/h5-7H,3-4,15H2,1-2H3,(H,16,17). The molecule has 0 saturated carbocycles. The van der Waals surface area contributed by atoms with Gasteiger partial charge in [0.25, 0.3) is 0 Å². The summed E-state index contributed by atoms with van der Waals surface area (Å²) in [5.41, 5.74) is 7.07. The zero-order chi connectivity index (χ0) is 13.0. The van der Waals surface area contributed by atoms with Crippen LogP contribution in [0.2, 0.25) is 0 Å². The third-order valence-electron chi connectivity index (χ3n) is 2.69. The maximum atomic E-state index is 12.0. The number of hydrogen-bond donors (Lipinski definition) is 2. The lowest BCUT2D eigenvalue weighted by Gasteiger charge is -2.15. The summed E-state index contributed by atoms with van der Waals surface area (Å²) in [5, 5.41) is 2.88. The van der Waals surface area contributed by atoms with Crippen LogP contribution in [0.3, 0.4) is 0 Å². The Hall–Kier alpha value is -0.550. The predicted octanol–water partition coefficient (Wildman–Crippen LogP) is 4.17. The van der Waals surface area contributed by atoms with Crippen LogP contribution in [0.15, 0.2) is 21.1 Å². The number of amides is 1. The fraction of sp³-hybridized carbons (Fsp3) is 0.417. The molecule has 17 heavy (non-hydrogen) atoms. The maximum absolute atomic E-state index is 12.0. The summed E-state index contributed by atoms with van der Waals surface area (Å²) in [5.74, 6) is 0.0506. The first kappa shape index (κ1) is 14.5. The van der Waals surface area contributed by atoms with Crippen LogP contribution in [0.4, 0.5) is 11.4 Å². The second-order valence-electron chi connectivity index (χ2n) is 3.85. The highest BCUT2D eigenvalue weighted by molar-refractivity contribution is 9.11. The fourth-order valence-corrected chi connectivity index (χ4v) is 2.97. The van der Waals surface area contributed by atoms with Crippen molar-refractivity contribution in [2.24, 2.45) is 5.92 Å². The van der Waals surface area contributed by atoms with Gasteiger partial charge in [-0.05, 0) is 40.9 Å². The Kier molecular flexibility index (Phi) is 5.46. The van der Waals surface area contributed by atoms with Crippen molar-refractivity contribution in [3.8, 4) is 0 Å². The number of carbonyl (C=O) groups excluding carboxylic acids is 1. The molecule has 0 radical (unpaired) electrons. The van der Waals surface area contributed by atoms with E-state index in [1.165, 1.54) is 0 Å². The summed E-state index contributed by atoms with van der Waals surface area (Å²) in [6, 6.07) is 3.63. The first-order chi connectivity index (χ1) is 7.99. The molecule has 0 spiro atoms. The second kappa shape index (κ2) is 6.40. The molecule has 0 heterocycles. The normalized spacial score (nSPS) is 10.6. The Bertz CT molecular complexity index is 394. The lowest BCUT2D eigenvalue weighted by Crippen LogP contribution is -2.22. The number of halogens is 2. The molecule has 1 rings (SSSR count). The van der Waals surface area contributed by atoms with Gasteiger partial charge in [-0.2, -0.15) is 0 Å². The number of nitrogens with two attached hydrogens (primary N) is 1. The first-order valence-electron chi connectivity index (χ1n) is 5.54. The van der Waals surface area contributed by atoms with Crippen LogP contribution in [0, 0.1) is 5.92 Å². The third kappa shape index (κ3) is 3.71. The monoisotopic (exact) mass is 362 g/mol. The van der Waals surface area contributed by atoms with E-state index < -0.39 is 0 Å². The zero-order valence-corrected chi connectivity index (χ0v) is 13.1. The highest BCUT2D eigenvalue weighted by atomic mass is 79.9. The van der Waals surface area contributed by atoms with Crippen LogP contribution in [0.5, 0.6) is 0 Å². The summed E-state index contributed by atoms with van der Waals surface area (Å²) >= 11 is 6.74. The summed E-state index contributed by atoms with van der Waals surface area (Å²) in [6.45, 7) is 4.02. The Morgan fingerprint density at radius 1 is 1.35 bits per heavy atom. The molecule has 3 N–H and O–H groups in total. The van der Waals surface area contributed by atoms with Gasteiger partial charge in [-0.3, -0.25) is 4.79 Å².